The summed E-state index contributed by atoms with van der Waals surface area (Å²) in [5, 5.41) is 5.86. The zero-order valence-electron chi connectivity index (χ0n) is 13.9. The van der Waals surface area contributed by atoms with Crippen molar-refractivity contribution in [2.45, 2.75) is 76.3 Å². The Hall–Kier alpha value is -1.59. The van der Waals surface area contributed by atoms with Crippen molar-refractivity contribution in [3.8, 4) is 0 Å². The maximum atomic E-state index is 12.8. The first-order chi connectivity index (χ1) is 11.0. The Morgan fingerprint density at radius 1 is 1.17 bits per heavy atom. The van der Waals surface area contributed by atoms with Gasteiger partial charge in [-0.05, 0) is 31.6 Å². The quantitative estimate of drug-likeness (QED) is 0.780. The minimum absolute atomic E-state index is 0.124. The molecule has 4 amide bonds. The van der Waals surface area contributed by atoms with Crippen LogP contribution in [-0.2, 0) is 9.59 Å². The SMILES string of the molecule is CC1CCCCC12NC(=O)N(CC(=O)NC1CCCCC1)C2=O. The molecule has 3 fully saturated rings. The predicted molar refractivity (Wildman–Crippen MR) is 85.6 cm³/mol. The lowest BCUT2D eigenvalue weighted by molar-refractivity contribution is -0.137. The molecular formula is C17H27N3O3. The first kappa shape index (κ1) is 16.3. The van der Waals surface area contributed by atoms with Crippen LogP contribution in [0.4, 0.5) is 4.79 Å². The van der Waals surface area contributed by atoms with Crippen molar-refractivity contribution in [1.82, 2.24) is 15.5 Å². The molecule has 2 saturated carbocycles. The van der Waals surface area contributed by atoms with Crippen molar-refractivity contribution >= 4 is 17.8 Å². The number of imide groups is 1. The van der Waals surface area contributed by atoms with Crippen LogP contribution in [0.2, 0.25) is 0 Å². The Morgan fingerprint density at radius 2 is 1.87 bits per heavy atom. The van der Waals surface area contributed by atoms with E-state index < -0.39 is 11.6 Å². The fraction of sp³-hybridized carbons (Fsp3) is 0.824. The highest BCUT2D eigenvalue weighted by atomic mass is 16.2. The first-order valence-corrected chi connectivity index (χ1v) is 8.96. The maximum absolute atomic E-state index is 12.8. The van der Waals surface area contributed by atoms with Crippen molar-refractivity contribution < 1.29 is 14.4 Å². The molecule has 0 aromatic heterocycles. The van der Waals surface area contributed by atoms with Crippen LogP contribution in [0.15, 0.2) is 0 Å². The molecule has 3 aliphatic rings. The van der Waals surface area contributed by atoms with E-state index in [9.17, 15) is 14.4 Å². The number of hydrogen-bond acceptors (Lipinski definition) is 3. The van der Waals surface area contributed by atoms with Crippen LogP contribution in [0.5, 0.6) is 0 Å². The van der Waals surface area contributed by atoms with Crippen LogP contribution in [-0.4, -0.2) is 40.9 Å². The minimum atomic E-state index is -0.777. The summed E-state index contributed by atoms with van der Waals surface area (Å²) in [4.78, 5) is 38.4. The third-order valence-electron chi connectivity index (χ3n) is 5.77. The van der Waals surface area contributed by atoms with Crippen LogP contribution in [0.1, 0.15) is 64.7 Å². The van der Waals surface area contributed by atoms with Gasteiger partial charge in [-0.25, -0.2) is 4.79 Å². The fourth-order valence-corrected chi connectivity index (χ4v) is 4.30. The molecule has 0 aromatic carbocycles. The van der Waals surface area contributed by atoms with Crippen molar-refractivity contribution in [1.29, 1.82) is 0 Å². The van der Waals surface area contributed by atoms with Crippen LogP contribution in [0, 0.1) is 5.92 Å². The van der Waals surface area contributed by atoms with E-state index >= 15 is 0 Å². The maximum Gasteiger partial charge on any atom is 0.325 e. The number of amides is 4. The van der Waals surface area contributed by atoms with E-state index in [-0.39, 0.29) is 30.3 Å². The highest BCUT2D eigenvalue weighted by Crippen LogP contribution is 2.38. The lowest BCUT2D eigenvalue weighted by Crippen LogP contribution is -2.54. The molecule has 2 aliphatic carbocycles. The zero-order chi connectivity index (χ0) is 16.4. The van der Waals surface area contributed by atoms with Gasteiger partial charge in [0.15, 0.2) is 0 Å². The number of nitrogens with zero attached hydrogens (tertiary/aromatic N) is 1. The number of carbonyl (C=O) groups excluding carboxylic acids is 3. The van der Waals surface area contributed by atoms with E-state index in [0.717, 1.165) is 49.8 Å². The van der Waals surface area contributed by atoms with E-state index in [0.29, 0.717) is 6.42 Å². The molecule has 1 saturated heterocycles. The average Bonchev–Trinajstić information content (AvgIpc) is 2.76. The summed E-state index contributed by atoms with van der Waals surface area (Å²) < 4.78 is 0. The zero-order valence-corrected chi connectivity index (χ0v) is 13.9. The summed E-state index contributed by atoms with van der Waals surface area (Å²) in [6, 6.07) is -0.220. The predicted octanol–water partition coefficient (Wildman–Crippen LogP) is 1.94. The lowest BCUT2D eigenvalue weighted by Gasteiger charge is -2.36. The van der Waals surface area contributed by atoms with E-state index in [1.54, 1.807) is 0 Å². The van der Waals surface area contributed by atoms with Crippen LogP contribution < -0.4 is 10.6 Å². The van der Waals surface area contributed by atoms with E-state index in [1.165, 1.54) is 6.42 Å². The van der Waals surface area contributed by atoms with Gasteiger partial charge in [0, 0.05) is 6.04 Å². The monoisotopic (exact) mass is 321 g/mol. The molecule has 3 rings (SSSR count). The summed E-state index contributed by atoms with van der Waals surface area (Å²) in [5.41, 5.74) is -0.777. The molecule has 0 radical (unpaired) electrons. The molecule has 128 valence electrons. The standard InChI is InChI=1S/C17H27N3O3/c1-12-7-5-6-10-17(12)15(22)20(16(23)19-17)11-14(21)18-13-8-3-2-4-9-13/h12-13H,2-11H2,1H3,(H,18,21)(H,19,23). The summed E-state index contributed by atoms with van der Waals surface area (Å²) in [5.74, 6) is -0.312. The summed E-state index contributed by atoms with van der Waals surface area (Å²) >= 11 is 0. The van der Waals surface area contributed by atoms with Gasteiger partial charge in [-0.1, -0.05) is 39.0 Å². The van der Waals surface area contributed by atoms with Gasteiger partial charge in [0.05, 0.1) is 0 Å². The molecule has 0 aromatic rings. The third-order valence-corrected chi connectivity index (χ3v) is 5.77. The Bertz CT molecular complexity index is 501. The van der Waals surface area contributed by atoms with Crippen LogP contribution in [0.25, 0.3) is 0 Å². The number of hydrogen-bond donors (Lipinski definition) is 2. The highest BCUT2D eigenvalue weighted by molar-refractivity contribution is 6.09. The van der Waals surface area contributed by atoms with Gasteiger partial charge in [-0.3, -0.25) is 14.5 Å². The fourth-order valence-electron chi connectivity index (χ4n) is 4.30. The average molecular weight is 321 g/mol. The first-order valence-electron chi connectivity index (χ1n) is 8.96. The molecule has 1 heterocycles. The van der Waals surface area contributed by atoms with E-state index in [1.807, 2.05) is 6.92 Å². The molecule has 2 N–H and O–H groups in total. The smallest absolute Gasteiger partial charge is 0.325 e. The normalized spacial score (nSPS) is 32.2. The second-order valence-corrected chi connectivity index (χ2v) is 7.34. The van der Waals surface area contributed by atoms with Gasteiger partial charge >= 0.3 is 6.03 Å². The number of nitrogens with one attached hydrogen (secondary N) is 2. The van der Waals surface area contributed by atoms with Crippen molar-refractivity contribution in [2.75, 3.05) is 6.54 Å². The van der Waals surface area contributed by atoms with Gasteiger partial charge in [-0.2, -0.15) is 0 Å². The largest absolute Gasteiger partial charge is 0.352 e. The van der Waals surface area contributed by atoms with Crippen molar-refractivity contribution in [3.63, 3.8) is 0 Å². The molecule has 6 nitrogen and oxygen atoms in total. The Morgan fingerprint density at radius 3 is 2.57 bits per heavy atom. The summed E-state index contributed by atoms with van der Waals surface area (Å²) in [7, 11) is 0. The third kappa shape index (κ3) is 3.08. The van der Waals surface area contributed by atoms with Crippen LogP contribution in [0.3, 0.4) is 0 Å². The van der Waals surface area contributed by atoms with E-state index in [2.05, 4.69) is 10.6 Å². The van der Waals surface area contributed by atoms with Crippen molar-refractivity contribution in [2.24, 2.45) is 5.92 Å². The van der Waals surface area contributed by atoms with Gasteiger partial charge in [0.25, 0.3) is 5.91 Å². The molecule has 0 bridgehead atoms. The summed E-state index contributed by atoms with van der Waals surface area (Å²) in [6.45, 7) is 1.86. The van der Waals surface area contributed by atoms with Crippen LogP contribution >= 0.6 is 0 Å². The number of carbonyl (C=O) groups is 3. The van der Waals surface area contributed by atoms with Gasteiger partial charge in [0.2, 0.25) is 5.91 Å². The Kier molecular flexibility index (Phi) is 4.60. The van der Waals surface area contributed by atoms with Gasteiger partial charge < -0.3 is 10.6 Å². The van der Waals surface area contributed by atoms with Crippen molar-refractivity contribution in [3.05, 3.63) is 0 Å². The molecule has 23 heavy (non-hydrogen) atoms. The number of urea groups is 1. The molecule has 1 aliphatic heterocycles. The molecule has 1 spiro atoms. The Balaban J connectivity index is 1.62. The Labute approximate surface area is 137 Å². The van der Waals surface area contributed by atoms with Gasteiger partial charge in [-0.15, -0.1) is 0 Å². The van der Waals surface area contributed by atoms with Gasteiger partial charge in [0.1, 0.15) is 12.1 Å². The topological polar surface area (TPSA) is 78.5 Å². The van der Waals surface area contributed by atoms with E-state index in [4.69, 9.17) is 0 Å². The molecular weight excluding hydrogens is 294 g/mol. The molecule has 6 heteroatoms. The second-order valence-electron chi connectivity index (χ2n) is 7.34. The highest BCUT2D eigenvalue weighted by Gasteiger charge is 2.55. The second kappa shape index (κ2) is 6.49. The summed E-state index contributed by atoms with van der Waals surface area (Å²) in [6.07, 6.45) is 9.13. The molecule has 2 unspecified atom stereocenters. The lowest BCUT2D eigenvalue weighted by atomic mass is 9.73. The minimum Gasteiger partial charge on any atom is -0.352 e. The number of rotatable bonds is 3. The molecule has 2 atom stereocenters.